The van der Waals surface area contributed by atoms with E-state index in [9.17, 15) is 0 Å². The molecule has 1 atom stereocenters. The molecule has 17 heavy (non-hydrogen) atoms. The summed E-state index contributed by atoms with van der Waals surface area (Å²) in [5, 5.41) is 4.40. The Hall–Kier alpha value is -1.20. The van der Waals surface area contributed by atoms with Crippen LogP contribution in [0.1, 0.15) is 23.3 Å². The molecule has 1 aromatic carbocycles. The molecular weight excluding hydrogens is 280 g/mol. The fourth-order valence-electron chi connectivity index (χ4n) is 1.94. The average molecular weight is 295 g/mol. The van der Waals surface area contributed by atoms with Gasteiger partial charge in [0.05, 0.1) is 6.04 Å². The Labute approximate surface area is 109 Å². The number of aromatic nitrogens is 3. The van der Waals surface area contributed by atoms with Gasteiger partial charge in [0.2, 0.25) is 0 Å². The third-order valence-electron chi connectivity index (χ3n) is 2.69. The molecule has 0 aliphatic heterocycles. The van der Waals surface area contributed by atoms with Crippen LogP contribution in [-0.4, -0.2) is 21.3 Å². The zero-order chi connectivity index (χ0) is 12.4. The summed E-state index contributed by atoms with van der Waals surface area (Å²) in [6.07, 6.45) is 0. The van der Waals surface area contributed by atoms with Gasteiger partial charge in [-0.1, -0.05) is 34.1 Å². The van der Waals surface area contributed by atoms with E-state index in [4.69, 9.17) is 5.73 Å². The van der Waals surface area contributed by atoms with Crippen LogP contribution in [0.25, 0.3) is 0 Å². The third-order valence-corrected chi connectivity index (χ3v) is 3.41. The minimum absolute atomic E-state index is 0.0202. The van der Waals surface area contributed by atoms with E-state index in [0.29, 0.717) is 6.54 Å². The number of hydrogen-bond acceptors (Lipinski definition) is 3. The quantitative estimate of drug-likeness (QED) is 0.944. The summed E-state index contributed by atoms with van der Waals surface area (Å²) in [4.78, 5) is 4.32. The van der Waals surface area contributed by atoms with E-state index in [0.717, 1.165) is 21.7 Å². The second-order valence-electron chi connectivity index (χ2n) is 3.92. The molecule has 0 aliphatic carbocycles. The normalized spacial score (nSPS) is 12.7. The second kappa shape index (κ2) is 4.98. The van der Waals surface area contributed by atoms with Gasteiger partial charge >= 0.3 is 0 Å². The predicted octanol–water partition coefficient (Wildman–Crippen LogP) is 2.21. The minimum Gasteiger partial charge on any atom is -0.328 e. The standard InChI is InChI=1S/C12H15BrN4/c1-8-15-9(2)17(16-8)12(7-14)10-5-3-4-6-11(10)13/h3-6,12H,7,14H2,1-2H3. The van der Waals surface area contributed by atoms with E-state index in [1.807, 2.05) is 36.7 Å². The fourth-order valence-corrected chi connectivity index (χ4v) is 2.48. The molecule has 0 radical (unpaired) electrons. The zero-order valence-corrected chi connectivity index (χ0v) is 11.5. The fraction of sp³-hybridized carbons (Fsp3) is 0.333. The third kappa shape index (κ3) is 2.40. The number of benzene rings is 1. The van der Waals surface area contributed by atoms with Crippen LogP contribution in [0.4, 0.5) is 0 Å². The van der Waals surface area contributed by atoms with Crippen molar-refractivity contribution >= 4 is 15.9 Å². The first-order valence-corrected chi connectivity index (χ1v) is 6.27. The summed E-state index contributed by atoms with van der Waals surface area (Å²) >= 11 is 3.55. The van der Waals surface area contributed by atoms with Gasteiger partial charge < -0.3 is 5.73 Å². The number of rotatable bonds is 3. The van der Waals surface area contributed by atoms with Crippen molar-refractivity contribution in [3.63, 3.8) is 0 Å². The van der Waals surface area contributed by atoms with Crippen molar-refractivity contribution in [1.82, 2.24) is 14.8 Å². The van der Waals surface area contributed by atoms with Gasteiger partial charge in [-0.2, -0.15) is 5.10 Å². The maximum absolute atomic E-state index is 5.87. The number of hydrogen-bond donors (Lipinski definition) is 1. The van der Waals surface area contributed by atoms with E-state index in [2.05, 4.69) is 32.1 Å². The predicted molar refractivity (Wildman–Crippen MR) is 70.8 cm³/mol. The Bertz CT molecular complexity index is 521. The molecule has 2 N–H and O–H groups in total. The number of aryl methyl sites for hydroxylation is 2. The highest BCUT2D eigenvalue weighted by atomic mass is 79.9. The van der Waals surface area contributed by atoms with Crippen molar-refractivity contribution in [2.75, 3.05) is 6.54 Å². The van der Waals surface area contributed by atoms with Gasteiger partial charge in [-0.3, -0.25) is 0 Å². The van der Waals surface area contributed by atoms with E-state index < -0.39 is 0 Å². The van der Waals surface area contributed by atoms with Crippen molar-refractivity contribution in [2.24, 2.45) is 5.73 Å². The topological polar surface area (TPSA) is 56.7 Å². The Morgan fingerprint density at radius 3 is 2.59 bits per heavy atom. The van der Waals surface area contributed by atoms with Crippen LogP contribution < -0.4 is 5.73 Å². The van der Waals surface area contributed by atoms with Crippen LogP contribution in [0, 0.1) is 13.8 Å². The SMILES string of the molecule is Cc1nc(C)n(C(CN)c2ccccc2Br)n1. The smallest absolute Gasteiger partial charge is 0.147 e. The van der Waals surface area contributed by atoms with Gasteiger partial charge in [0, 0.05) is 11.0 Å². The van der Waals surface area contributed by atoms with Crippen LogP contribution in [0.3, 0.4) is 0 Å². The van der Waals surface area contributed by atoms with Gasteiger partial charge in [-0.05, 0) is 25.5 Å². The molecule has 90 valence electrons. The minimum atomic E-state index is 0.0202. The largest absolute Gasteiger partial charge is 0.328 e. The van der Waals surface area contributed by atoms with Crippen LogP contribution in [0.5, 0.6) is 0 Å². The summed E-state index contributed by atoms with van der Waals surface area (Å²) in [5.74, 6) is 1.65. The first-order chi connectivity index (χ1) is 8.13. The second-order valence-corrected chi connectivity index (χ2v) is 4.78. The van der Waals surface area contributed by atoms with Gasteiger partial charge in [-0.15, -0.1) is 0 Å². The highest BCUT2D eigenvalue weighted by molar-refractivity contribution is 9.10. The van der Waals surface area contributed by atoms with Gasteiger partial charge in [-0.25, -0.2) is 9.67 Å². The first kappa shape index (κ1) is 12.3. The van der Waals surface area contributed by atoms with Crippen molar-refractivity contribution in [1.29, 1.82) is 0 Å². The number of halogens is 1. The number of nitrogens with zero attached hydrogens (tertiary/aromatic N) is 3. The number of nitrogens with two attached hydrogens (primary N) is 1. The van der Waals surface area contributed by atoms with Crippen LogP contribution in [-0.2, 0) is 0 Å². The molecule has 0 bridgehead atoms. The summed E-state index contributed by atoms with van der Waals surface area (Å²) in [6, 6.07) is 8.07. The van der Waals surface area contributed by atoms with Crippen molar-refractivity contribution in [2.45, 2.75) is 19.9 Å². The molecule has 2 aromatic rings. The lowest BCUT2D eigenvalue weighted by Gasteiger charge is -2.18. The lowest BCUT2D eigenvalue weighted by atomic mass is 10.1. The Morgan fingerprint density at radius 1 is 1.35 bits per heavy atom. The first-order valence-electron chi connectivity index (χ1n) is 5.47. The van der Waals surface area contributed by atoms with E-state index in [1.165, 1.54) is 0 Å². The molecule has 1 heterocycles. The van der Waals surface area contributed by atoms with Crippen LogP contribution in [0.15, 0.2) is 28.7 Å². The molecule has 4 nitrogen and oxygen atoms in total. The summed E-state index contributed by atoms with van der Waals surface area (Å²) < 4.78 is 2.93. The van der Waals surface area contributed by atoms with Gasteiger partial charge in [0.1, 0.15) is 11.6 Å². The molecular formula is C12H15BrN4. The highest BCUT2D eigenvalue weighted by Gasteiger charge is 2.18. The maximum Gasteiger partial charge on any atom is 0.147 e. The molecule has 2 rings (SSSR count). The van der Waals surface area contributed by atoms with E-state index >= 15 is 0 Å². The summed E-state index contributed by atoms with van der Waals surface area (Å²) in [7, 11) is 0. The van der Waals surface area contributed by atoms with Crippen molar-refractivity contribution in [3.05, 3.63) is 46.0 Å². The molecule has 0 amide bonds. The monoisotopic (exact) mass is 294 g/mol. The Morgan fingerprint density at radius 2 is 2.06 bits per heavy atom. The Kier molecular flexibility index (Phi) is 3.59. The highest BCUT2D eigenvalue weighted by Crippen LogP contribution is 2.25. The Balaban J connectivity index is 2.47. The average Bonchev–Trinajstić information content (AvgIpc) is 2.62. The molecule has 0 aliphatic rings. The molecule has 0 fully saturated rings. The lowest BCUT2D eigenvalue weighted by Crippen LogP contribution is -2.23. The maximum atomic E-state index is 5.87. The molecule has 1 unspecified atom stereocenters. The van der Waals surface area contributed by atoms with Gasteiger partial charge in [0.25, 0.3) is 0 Å². The van der Waals surface area contributed by atoms with E-state index in [-0.39, 0.29) is 6.04 Å². The van der Waals surface area contributed by atoms with Crippen molar-refractivity contribution < 1.29 is 0 Å². The zero-order valence-electron chi connectivity index (χ0n) is 9.89. The van der Waals surface area contributed by atoms with Gasteiger partial charge in [0.15, 0.2) is 0 Å². The molecule has 0 spiro atoms. The molecule has 0 saturated heterocycles. The van der Waals surface area contributed by atoms with Crippen LogP contribution >= 0.6 is 15.9 Å². The summed E-state index contributed by atoms with van der Waals surface area (Å²) in [6.45, 7) is 4.32. The van der Waals surface area contributed by atoms with E-state index in [1.54, 1.807) is 0 Å². The summed E-state index contributed by atoms with van der Waals surface area (Å²) in [5.41, 5.74) is 7.00. The lowest BCUT2D eigenvalue weighted by molar-refractivity contribution is 0.513. The van der Waals surface area contributed by atoms with Crippen molar-refractivity contribution in [3.8, 4) is 0 Å². The molecule has 5 heteroatoms. The molecule has 1 aromatic heterocycles. The molecule has 0 saturated carbocycles. The van der Waals surface area contributed by atoms with Crippen LogP contribution in [0.2, 0.25) is 0 Å².